The Morgan fingerprint density at radius 3 is 2.75 bits per heavy atom. The van der Waals surface area contributed by atoms with Crippen molar-refractivity contribution in [2.45, 2.75) is 45.5 Å². The van der Waals surface area contributed by atoms with Gasteiger partial charge >= 0.3 is 5.97 Å². The summed E-state index contributed by atoms with van der Waals surface area (Å²) >= 11 is 0. The van der Waals surface area contributed by atoms with Crippen molar-refractivity contribution in [1.82, 2.24) is 0 Å². The van der Waals surface area contributed by atoms with Crippen molar-refractivity contribution in [3.8, 4) is 5.75 Å². The second-order valence-electron chi connectivity index (χ2n) is 6.46. The third kappa shape index (κ3) is 5.08. The molecule has 0 radical (unpaired) electrons. The Morgan fingerprint density at radius 1 is 1.33 bits per heavy atom. The number of carboxylic acids is 1. The number of hydrogen-bond donors (Lipinski definition) is 2. The van der Waals surface area contributed by atoms with Gasteiger partial charge < -0.3 is 19.7 Å². The van der Waals surface area contributed by atoms with Crippen molar-refractivity contribution >= 4 is 5.97 Å². The van der Waals surface area contributed by atoms with E-state index in [0.29, 0.717) is 19.4 Å². The Morgan fingerprint density at radius 2 is 2.08 bits per heavy atom. The second-order valence-corrected chi connectivity index (χ2v) is 6.46. The van der Waals surface area contributed by atoms with E-state index in [0.717, 1.165) is 5.56 Å². The van der Waals surface area contributed by atoms with Crippen LogP contribution >= 0.6 is 0 Å². The Labute approximate surface area is 142 Å². The number of para-hydroxylation sites is 1. The van der Waals surface area contributed by atoms with Gasteiger partial charge in [-0.2, -0.15) is 0 Å². The van der Waals surface area contributed by atoms with Crippen LogP contribution < -0.4 is 0 Å². The number of allylic oxidation sites excluding steroid dienone is 2. The molecule has 0 spiro atoms. The van der Waals surface area contributed by atoms with Crippen LogP contribution in [-0.2, 0) is 14.3 Å². The van der Waals surface area contributed by atoms with Gasteiger partial charge in [0.2, 0.25) is 0 Å². The number of rotatable bonds is 7. The molecule has 0 saturated carbocycles. The highest BCUT2D eigenvalue weighted by Gasteiger charge is 2.34. The van der Waals surface area contributed by atoms with Gasteiger partial charge in [0.1, 0.15) is 5.75 Å². The molecule has 2 N–H and O–H groups in total. The van der Waals surface area contributed by atoms with Gasteiger partial charge in [-0.3, -0.25) is 4.79 Å². The minimum absolute atomic E-state index is 0.0781. The Hall–Kier alpha value is -1.85. The summed E-state index contributed by atoms with van der Waals surface area (Å²) in [5.74, 6) is -0.262. The number of phenolic OH excluding ortho intramolecular Hbond substituents is 1. The quantitative estimate of drug-likeness (QED) is 0.740. The number of phenols is 1. The molecule has 5 heteroatoms. The normalized spacial score (nSPS) is 24.5. The largest absolute Gasteiger partial charge is 0.508 e. The summed E-state index contributed by atoms with van der Waals surface area (Å²) < 4.78 is 11.9. The van der Waals surface area contributed by atoms with Gasteiger partial charge in [-0.1, -0.05) is 44.2 Å². The van der Waals surface area contributed by atoms with Gasteiger partial charge in [0.25, 0.3) is 0 Å². The van der Waals surface area contributed by atoms with E-state index in [9.17, 15) is 9.90 Å². The fourth-order valence-electron chi connectivity index (χ4n) is 2.79. The van der Waals surface area contributed by atoms with Crippen molar-refractivity contribution in [3.63, 3.8) is 0 Å². The number of benzene rings is 1. The maximum atomic E-state index is 10.5. The van der Waals surface area contributed by atoms with Gasteiger partial charge in [-0.05, 0) is 18.9 Å². The maximum Gasteiger partial charge on any atom is 0.303 e. The lowest BCUT2D eigenvalue weighted by molar-refractivity contribution is -0.255. The summed E-state index contributed by atoms with van der Waals surface area (Å²) in [7, 11) is 0. The summed E-state index contributed by atoms with van der Waals surface area (Å²) in [4.78, 5) is 10.5. The second kappa shape index (κ2) is 8.85. The average molecular weight is 334 g/mol. The minimum Gasteiger partial charge on any atom is -0.508 e. The van der Waals surface area contributed by atoms with Crippen LogP contribution in [0.1, 0.15) is 44.8 Å². The third-order valence-electron chi connectivity index (χ3n) is 4.10. The van der Waals surface area contributed by atoms with Gasteiger partial charge in [-0.15, -0.1) is 0 Å². The lowest BCUT2D eigenvalue weighted by Gasteiger charge is -2.38. The minimum atomic E-state index is -0.796. The van der Waals surface area contributed by atoms with Crippen LogP contribution in [0, 0.1) is 11.8 Å². The third-order valence-corrected chi connectivity index (χ3v) is 4.10. The predicted molar refractivity (Wildman–Crippen MR) is 90.6 cm³/mol. The van der Waals surface area contributed by atoms with Crippen LogP contribution in [0.25, 0.3) is 0 Å². The Balaban J connectivity index is 2.07. The summed E-state index contributed by atoms with van der Waals surface area (Å²) in [6, 6.07) is 7.22. The number of carbonyl (C=O) groups is 1. The van der Waals surface area contributed by atoms with Crippen LogP contribution in [0.5, 0.6) is 5.75 Å². The Bertz CT molecular complexity index is 567. The predicted octanol–water partition coefficient (Wildman–Crippen LogP) is 3.89. The fourth-order valence-corrected chi connectivity index (χ4v) is 2.79. The molecule has 24 heavy (non-hydrogen) atoms. The summed E-state index contributed by atoms with van der Waals surface area (Å²) in [5.41, 5.74) is 0.774. The zero-order valence-electron chi connectivity index (χ0n) is 14.2. The van der Waals surface area contributed by atoms with Crippen molar-refractivity contribution < 1.29 is 24.5 Å². The average Bonchev–Trinajstić information content (AvgIpc) is 2.55. The molecule has 1 fully saturated rings. The van der Waals surface area contributed by atoms with Crippen LogP contribution in [0.15, 0.2) is 36.4 Å². The number of aliphatic carboxylic acids is 1. The molecule has 3 unspecified atom stereocenters. The van der Waals surface area contributed by atoms with Crippen LogP contribution in [0.3, 0.4) is 0 Å². The lowest BCUT2D eigenvalue weighted by atomic mass is 9.91. The highest BCUT2D eigenvalue weighted by Crippen LogP contribution is 2.39. The summed E-state index contributed by atoms with van der Waals surface area (Å²) in [5, 5.41) is 18.8. The summed E-state index contributed by atoms with van der Waals surface area (Å²) in [6.07, 6.45) is 4.68. The molecule has 0 aliphatic carbocycles. The number of hydrogen-bond acceptors (Lipinski definition) is 4. The first-order valence-corrected chi connectivity index (χ1v) is 8.40. The SMILES string of the molecule is CC(C)C1OCC(CC=CCCC(=O)O)C(c2ccccc2O)O1. The molecule has 2 rings (SSSR count). The molecule has 1 aliphatic rings. The number of carboxylic acid groups (broad SMARTS) is 1. The van der Waals surface area contributed by atoms with E-state index >= 15 is 0 Å². The molecule has 0 aromatic heterocycles. The van der Waals surface area contributed by atoms with E-state index in [1.54, 1.807) is 12.1 Å². The highest BCUT2D eigenvalue weighted by molar-refractivity contribution is 5.66. The monoisotopic (exact) mass is 334 g/mol. The van der Waals surface area contributed by atoms with Crippen LogP contribution in [0.4, 0.5) is 0 Å². The van der Waals surface area contributed by atoms with Crippen molar-refractivity contribution in [2.75, 3.05) is 6.61 Å². The molecule has 1 heterocycles. The molecule has 132 valence electrons. The number of ether oxygens (including phenoxy) is 2. The van der Waals surface area contributed by atoms with Crippen LogP contribution in [-0.4, -0.2) is 29.1 Å². The first-order valence-electron chi connectivity index (χ1n) is 8.40. The first-order chi connectivity index (χ1) is 11.5. The smallest absolute Gasteiger partial charge is 0.303 e. The van der Waals surface area contributed by atoms with E-state index in [-0.39, 0.29) is 36.4 Å². The van der Waals surface area contributed by atoms with Gasteiger partial charge in [0, 0.05) is 23.8 Å². The van der Waals surface area contributed by atoms with Gasteiger partial charge in [0.05, 0.1) is 12.7 Å². The molecular weight excluding hydrogens is 308 g/mol. The molecule has 1 aromatic rings. The zero-order valence-corrected chi connectivity index (χ0v) is 14.2. The Kier molecular flexibility index (Phi) is 6.82. The van der Waals surface area contributed by atoms with E-state index in [2.05, 4.69) is 0 Å². The van der Waals surface area contributed by atoms with Crippen molar-refractivity contribution in [2.24, 2.45) is 11.8 Å². The standard InChI is InChI=1S/C19H26O5/c1-13(2)19-23-12-14(8-4-3-5-11-17(21)22)18(24-19)15-9-6-7-10-16(15)20/h3-4,6-7,9-10,13-14,18-20H,5,8,11-12H2,1-2H3,(H,21,22). The molecular formula is C19H26O5. The molecule has 0 bridgehead atoms. The van der Waals surface area contributed by atoms with E-state index in [1.807, 2.05) is 38.1 Å². The summed E-state index contributed by atoms with van der Waals surface area (Å²) in [6.45, 7) is 4.63. The first kappa shape index (κ1) is 18.5. The van der Waals surface area contributed by atoms with Gasteiger partial charge in [0.15, 0.2) is 6.29 Å². The molecule has 1 aliphatic heterocycles. The highest BCUT2D eigenvalue weighted by atomic mass is 16.7. The zero-order chi connectivity index (χ0) is 17.5. The molecule has 1 aromatic carbocycles. The van der Waals surface area contributed by atoms with E-state index in [1.165, 1.54) is 0 Å². The fraction of sp³-hybridized carbons (Fsp3) is 0.526. The molecule has 0 amide bonds. The lowest BCUT2D eigenvalue weighted by Crippen LogP contribution is -2.37. The number of aromatic hydroxyl groups is 1. The van der Waals surface area contributed by atoms with Crippen molar-refractivity contribution in [3.05, 3.63) is 42.0 Å². The molecule has 5 nitrogen and oxygen atoms in total. The molecule has 1 saturated heterocycles. The van der Waals surface area contributed by atoms with E-state index < -0.39 is 5.97 Å². The van der Waals surface area contributed by atoms with Crippen molar-refractivity contribution in [1.29, 1.82) is 0 Å². The van der Waals surface area contributed by atoms with Crippen LogP contribution in [0.2, 0.25) is 0 Å². The van der Waals surface area contributed by atoms with E-state index in [4.69, 9.17) is 14.6 Å². The maximum absolute atomic E-state index is 10.5. The molecule has 3 atom stereocenters. The van der Waals surface area contributed by atoms with Gasteiger partial charge in [-0.25, -0.2) is 0 Å². The topological polar surface area (TPSA) is 76.0 Å².